The average molecular weight is 155 g/mol. The lowest BCUT2D eigenvalue weighted by Gasteiger charge is -2.02. The largest absolute Gasteiger partial charge is 0.393 e. The number of hydrogen-bond acceptors (Lipinski definition) is 3. The van der Waals surface area contributed by atoms with E-state index in [4.69, 9.17) is 10.8 Å². The molecule has 0 aliphatic rings. The number of aromatic nitrogens is 2. The molecular weight excluding hydrogens is 142 g/mol. The molecule has 0 radical (unpaired) electrons. The third-order valence-electron chi connectivity index (χ3n) is 1.61. The Balaban J connectivity index is 2.83. The molecular formula is C7H13N3O. The maximum absolute atomic E-state index is 9.08. The summed E-state index contributed by atoms with van der Waals surface area (Å²) in [4.78, 5) is 0. The quantitative estimate of drug-likeness (QED) is 0.572. The van der Waals surface area contributed by atoms with E-state index in [1.54, 1.807) is 6.92 Å². The smallest absolute Gasteiger partial charge is 0.148 e. The van der Waals surface area contributed by atoms with Gasteiger partial charge in [-0.2, -0.15) is 5.10 Å². The molecule has 0 aliphatic heterocycles. The van der Waals surface area contributed by atoms with Crippen molar-refractivity contribution in [2.45, 2.75) is 26.4 Å². The third kappa shape index (κ3) is 1.71. The van der Waals surface area contributed by atoms with E-state index in [2.05, 4.69) is 10.2 Å². The lowest BCUT2D eigenvalue weighted by Crippen LogP contribution is -2.06. The Labute approximate surface area is 65.4 Å². The van der Waals surface area contributed by atoms with Crippen LogP contribution in [0, 0.1) is 6.92 Å². The molecule has 1 rings (SSSR count). The Morgan fingerprint density at radius 1 is 1.73 bits per heavy atom. The minimum atomic E-state index is -0.367. The van der Waals surface area contributed by atoms with Crippen molar-refractivity contribution in [2.75, 3.05) is 5.73 Å². The first kappa shape index (κ1) is 8.07. The summed E-state index contributed by atoms with van der Waals surface area (Å²) in [5.74, 6) is 0.489. The predicted molar refractivity (Wildman–Crippen MR) is 43.1 cm³/mol. The maximum Gasteiger partial charge on any atom is 0.148 e. The maximum atomic E-state index is 9.08. The first-order valence-electron chi connectivity index (χ1n) is 3.58. The zero-order valence-corrected chi connectivity index (χ0v) is 6.76. The van der Waals surface area contributed by atoms with Crippen molar-refractivity contribution in [3.05, 3.63) is 11.3 Å². The predicted octanol–water partition coefficient (Wildman–Crippen LogP) is 0.224. The molecule has 1 heterocycles. The fourth-order valence-corrected chi connectivity index (χ4v) is 1.02. The number of nitrogens with zero attached hydrogens (tertiary/aromatic N) is 1. The van der Waals surface area contributed by atoms with Crippen LogP contribution >= 0.6 is 0 Å². The molecule has 1 unspecified atom stereocenters. The van der Waals surface area contributed by atoms with Crippen LogP contribution in [0.25, 0.3) is 0 Å². The van der Waals surface area contributed by atoms with E-state index in [0.717, 1.165) is 11.3 Å². The molecule has 4 nitrogen and oxygen atoms in total. The zero-order chi connectivity index (χ0) is 8.43. The number of hydrogen-bond donors (Lipinski definition) is 3. The van der Waals surface area contributed by atoms with E-state index in [0.29, 0.717) is 12.2 Å². The highest BCUT2D eigenvalue weighted by Crippen LogP contribution is 2.13. The van der Waals surface area contributed by atoms with Gasteiger partial charge in [0.15, 0.2) is 0 Å². The molecule has 0 saturated heterocycles. The second-order valence-electron chi connectivity index (χ2n) is 2.77. The lowest BCUT2D eigenvalue weighted by atomic mass is 10.1. The standard InChI is InChI=1S/C7H13N3O/c1-4(11)3-6-5(2)9-10-7(6)8/h4,11H,3H2,1-2H3,(H3,8,9,10). The number of H-pyrrole nitrogens is 1. The van der Waals surface area contributed by atoms with Crippen LogP contribution in [0.4, 0.5) is 5.82 Å². The summed E-state index contributed by atoms with van der Waals surface area (Å²) in [7, 11) is 0. The molecule has 0 fully saturated rings. The van der Waals surface area contributed by atoms with Crippen molar-refractivity contribution in [1.82, 2.24) is 10.2 Å². The Kier molecular flexibility index (Phi) is 2.14. The summed E-state index contributed by atoms with van der Waals surface area (Å²) in [6.07, 6.45) is 0.197. The van der Waals surface area contributed by atoms with E-state index in [-0.39, 0.29) is 6.10 Å². The molecule has 1 aromatic heterocycles. The van der Waals surface area contributed by atoms with Crippen molar-refractivity contribution < 1.29 is 5.11 Å². The van der Waals surface area contributed by atoms with Crippen LogP contribution in [-0.2, 0) is 6.42 Å². The van der Waals surface area contributed by atoms with Crippen molar-refractivity contribution in [3.63, 3.8) is 0 Å². The molecule has 0 aliphatic carbocycles. The number of rotatable bonds is 2. The third-order valence-corrected chi connectivity index (χ3v) is 1.61. The highest BCUT2D eigenvalue weighted by atomic mass is 16.3. The summed E-state index contributed by atoms with van der Waals surface area (Å²) in [6, 6.07) is 0. The number of aromatic amines is 1. The monoisotopic (exact) mass is 155 g/mol. The molecule has 4 N–H and O–H groups in total. The second kappa shape index (κ2) is 2.92. The summed E-state index contributed by atoms with van der Waals surface area (Å²) in [5, 5.41) is 15.6. The fourth-order valence-electron chi connectivity index (χ4n) is 1.02. The van der Waals surface area contributed by atoms with Crippen LogP contribution in [0.15, 0.2) is 0 Å². The van der Waals surface area contributed by atoms with Crippen molar-refractivity contribution >= 4 is 5.82 Å². The number of aliphatic hydroxyl groups excluding tert-OH is 1. The molecule has 0 aromatic carbocycles. The minimum absolute atomic E-state index is 0.367. The Hall–Kier alpha value is -1.03. The average Bonchev–Trinajstić information content (AvgIpc) is 2.18. The number of aliphatic hydroxyl groups is 1. The molecule has 0 saturated carbocycles. The summed E-state index contributed by atoms with van der Waals surface area (Å²) in [5.41, 5.74) is 7.39. The van der Waals surface area contributed by atoms with Crippen LogP contribution in [-0.4, -0.2) is 21.4 Å². The highest BCUT2D eigenvalue weighted by Gasteiger charge is 2.08. The van der Waals surface area contributed by atoms with Gasteiger partial charge in [0, 0.05) is 17.7 Å². The fraction of sp³-hybridized carbons (Fsp3) is 0.571. The van der Waals surface area contributed by atoms with E-state index < -0.39 is 0 Å². The van der Waals surface area contributed by atoms with Gasteiger partial charge in [-0.15, -0.1) is 0 Å². The van der Waals surface area contributed by atoms with Crippen LogP contribution in [0.5, 0.6) is 0 Å². The Bertz CT molecular complexity index is 222. The van der Waals surface area contributed by atoms with Crippen LogP contribution in [0.2, 0.25) is 0 Å². The van der Waals surface area contributed by atoms with Crippen molar-refractivity contribution in [3.8, 4) is 0 Å². The first-order valence-corrected chi connectivity index (χ1v) is 3.58. The molecule has 4 heteroatoms. The van der Waals surface area contributed by atoms with Crippen LogP contribution < -0.4 is 5.73 Å². The zero-order valence-electron chi connectivity index (χ0n) is 6.76. The number of nitrogen functional groups attached to an aromatic ring is 1. The molecule has 0 amide bonds. The van der Waals surface area contributed by atoms with Gasteiger partial charge in [0.25, 0.3) is 0 Å². The molecule has 1 atom stereocenters. The van der Waals surface area contributed by atoms with Gasteiger partial charge in [0.05, 0.1) is 6.10 Å². The van der Waals surface area contributed by atoms with Gasteiger partial charge >= 0.3 is 0 Å². The van der Waals surface area contributed by atoms with E-state index >= 15 is 0 Å². The number of nitrogens with one attached hydrogen (secondary N) is 1. The Morgan fingerprint density at radius 3 is 2.73 bits per heavy atom. The van der Waals surface area contributed by atoms with E-state index in [9.17, 15) is 0 Å². The summed E-state index contributed by atoms with van der Waals surface area (Å²) < 4.78 is 0. The van der Waals surface area contributed by atoms with Gasteiger partial charge in [-0.3, -0.25) is 5.10 Å². The molecule has 0 bridgehead atoms. The number of aryl methyl sites for hydroxylation is 1. The Morgan fingerprint density at radius 2 is 2.36 bits per heavy atom. The van der Waals surface area contributed by atoms with Crippen LogP contribution in [0.3, 0.4) is 0 Å². The molecule has 1 aromatic rings. The van der Waals surface area contributed by atoms with E-state index in [1.807, 2.05) is 6.92 Å². The lowest BCUT2D eigenvalue weighted by molar-refractivity contribution is 0.195. The second-order valence-corrected chi connectivity index (χ2v) is 2.77. The first-order chi connectivity index (χ1) is 5.11. The van der Waals surface area contributed by atoms with Gasteiger partial charge in [0.1, 0.15) is 5.82 Å². The van der Waals surface area contributed by atoms with Crippen molar-refractivity contribution in [1.29, 1.82) is 0 Å². The normalized spacial score (nSPS) is 13.4. The van der Waals surface area contributed by atoms with Gasteiger partial charge in [0.2, 0.25) is 0 Å². The summed E-state index contributed by atoms with van der Waals surface area (Å²) >= 11 is 0. The molecule has 11 heavy (non-hydrogen) atoms. The topological polar surface area (TPSA) is 74.9 Å². The SMILES string of the molecule is Cc1[nH]nc(N)c1CC(C)O. The number of anilines is 1. The molecule has 0 spiro atoms. The molecule has 62 valence electrons. The van der Waals surface area contributed by atoms with Gasteiger partial charge < -0.3 is 10.8 Å². The number of nitrogens with two attached hydrogens (primary N) is 1. The van der Waals surface area contributed by atoms with Gasteiger partial charge in [-0.1, -0.05) is 0 Å². The van der Waals surface area contributed by atoms with Crippen molar-refractivity contribution in [2.24, 2.45) is 0 Å². The minimum Gasteiger partial charge on any atom is -0.393 e. The van der Waals surface area contributed by atoms with Crippen LogP contribution in [0.1, 0.15) is 18.2 Å². The van der Waals surface area contributed by atoms with Gasteiger partial charge in [-0.05, 0) is 13.8 Å². The van der Waals surface area contributed by atoms with Gasteiger partial charge in [-0.25, -0.2) is 0 Å². The van der Waals surface area contributed by atoms with E-state index in [1.165, 1.54) is 0 Å². The summed E-state index contributed by atoms with van der Waals surface area (Å²) in [6.45, 7) is 3.62. The highest BCUT2D eigenvalue weighted by molar-refractivity contribution is 5.41.